The normalized spacial score (nSPS) is 9.67. The van der Waals surface area contributed by atoms with Crippen molar-refractivity contribution in [2.45, 2.75) is 64.7 Å². The molecular weight excluding hydrogens is 248 g/mol. The molecule has 0 fully saturated rings. The lowest BCUT2D eigenvalue weighted by Gasteiger charge is -2.03. The number of esters is 1. The first kappa shape index (κ1) is 17.3. The third-order valence-electron chi connectivity index (χ3n) is 2.56. The molecule has 0 aromatic rings. The standard InChI is InChI=1S/C15H25ClO2/c1-2-3-4-5-6-7-8-9-10-11-14-18-15(17)12-13-16/h2,5-14H2,1H3. The summed E-state index contributed by atoms with van der Waals surface area (Å²) in [4.78, 5) is 11.0. The van der Waals surface area contributed by atoms with Gasteiger partial charge >= 0.3 is 5.97 Å². The fourth-order valence-corrected chi connectivity index (χ4v) is 1.73. The lowest BCUT2D eigenvalue weighted by Crippen LogP contribution is -2.05. The van der Waals surface area contributed by atoms with Crippen molar-refractivity contribution in [1.29, 1.82) is 0 Å². The van der Waals surface area contributed by atoms with Gasteiger partial charge in [0.05, 0.1) is 13.0 Å². The predicted octanol–water partition coefficient (Wildman–Crippen LogP) is 4.30. The summed E-state index contributed by atoms with van der Waals surface area (Å²) >= 11 is 5.43. The van der Waals surface area contributed by atoms with Crippen molar-refractivity contribution in [2.24, 2.45) is 0 Å². The van der Waals surface area contributed by atoms with E-state index in [0.717, 1.165) is 25.7 Å². The van der Waals surface area contributed by atoms with E-state index in [1.54, 1.807) is 0 Å². The van der Waals surface area contributed by atoms with Gasteiger partial charge < -0.3 is 4.74 Å². The zero-order valence-electron chi connectivity index (χ0n) is 11.5. The number of ether oxygens (including phenoxy) is 1. The second-order valence-corrected chi connectivity index (χ2v) is 4.62. The number of halogens is 1. The van der Waals surface area contributed by atoms with Gasteiger partial charge in [0.15, 0.2) is 0 Å². The van der Waals surface area contributed by atoms with Crippen LogP contribution in [0.15, 0.2) is 0 Å². The Bertz CT molecular complexity index is 253. The summed E-state index contributed by atoms with van der Waals surface area (Å²) in [5, 5.41) is 0. The molecule has 0 aliphatic rings. The van der Waals surface area contributed by atoms with Gasteiger partial charge in [0, 0.05) is 18.7 Å². The van der Waals surface area contributed by atoms with Crippen molar-refractivity contribution >= 4 is 17.6 Å². The molecule has 0 aromatic heterocycles. The molecule has 0 spiro atoms. The third kappa shape index (κ3) is 13.4. The minimum atomic E-state index is -0.181. The molecule has 2 nitrogen and oxygen atoms in total. The third-order valence-corrected chi connectivity index (χ3v) is 2.75. The first-order valence-corrected chi connectivity index (χ1v) is 7.52. The van der Waals surface area contributed by atoms with Crippen molar-refractivity contribution in [2.75, 3.05) is 12.5 Å². The molecule has 0 aromatic carbocycles. The highest BCUT2D eigenvalue weighted by molar-refractivity contribution is 6.18. The Morgan fingerprint density at radius 1 is 1.06 bits per heavy atom. The van der Waals surface area contributed by atoms with Gasteiger partial charge in [-0.2, -0.15) is 0 Å². The molecule has 0 amide bonds. The van der Waals surface area contributed by atoms with Crippen LogP contribution in [0.4, 0.5) is 0 Å². The molecule has 104 valence electrons. The first-order valence-electron chi connectivity index (χ1n) is 6.98. The number of alkyl halides is 1. The van der Waals surface area contributed by atoms with Gasteiger partial charge in [0.25, 0.3) is 0 Å². The summed E-state index contributed by atoms with van der Waals surface area (Å²) in [7, 11) is 0. The molecule has 0 aliphatic carbocycles. The highest BCUT2D eigenvalue weighted by Crippen LogP contribution is 2.07. The van der Waals surface area contributed by atoms with E-state index in [2.05, 4.69) is 18.8 Å². The van der Waals surface area contributed by atoms with Gasteiger partial charge in [0.2, 0.25) is 0 Å². The first-order chi connectivity index (χ1) is 8.81. The molecular formula is C15H25ClO2. The average molecular weight is 273 g/mol. The van der Waals surface area contributed by atoms with E-state index < -0.39 is 0 Å². The van der Waals surface area contributed by atoms with Gasteiger partial charge in [-0.05, 0) is 12.8 Å². The highest BCUT2D eigenvalue weighted by atomic mass is 35.5. The minimum Gasteiger partial charge on any atom is -0.466 e. The van der Waals surface area contributed by atoms with Crippen LogP contribution in [0.25, 0.3) is 0 Å². The zero-order chi connectivity index (χ0) is 13.5. The van der Waals surface area contributed by atoms with Crippen LogP contribution in [-0.4, -0.2) is 18.5 Å². The van der Waals surface area contributed by atoms with Crippen molar-refractivity contribution in [3.8, 4) is 11.8 Å². The summed E-state index contributed by atoms with van der Waals surface area (Å²) in [5.74, 6) is 6.40. The maximum atomic E-state index is 11.0. The zero-order valence-corrected chi connectivity index (χ0v) is 12.2. The van der Waals surface area contributed by atoms with Gasteiger partial charge in [0.1, 0.15) is 0 Å². The number of rotatable bonds is 10. The summed E-state index contributed by atoms with van der Waals surface area (Å²) in [6.07, 6.45) is 9.34. The monoisotopic (exact) mass is 272 g/mol. The quantitative estimate of drug-likeness (QED) is 0.256. The van der Waals surface area contributed by atoms with Gasteiger partial charge in [-0.3, -0.25) is 4.79 Å². The second-order valence-electron chi connectivity index (χ2n) is 4.24. The van der Waals surface area contributed by atoms with E-state index in [1.165, 1.54) is 25.7 Å². The van der Waals surface area contributed by atoms with E-state index in [4.69, 9.17) is 16.3 Å². The maximum Gasteiger partial charge on any atom is 0.306 e. The number of hydrogen-bond acceptors (Lipinski definition) is 2. The molecule has 0 heterocycles. The molecule has 0 bridgehead atoms. The smallest absolute Gasteiger partial charge is 0.306 e. The summed E-state index contributed by atoms with van der Waals surface area (Å²) < 4.78 is 5.01. The Morgan fingerprint density at radius 2 is 1.72 bits per heavy atom. The molecule has 0 radical (unpaired) electrons. The van der Waals surface area contributed by atoms with E-state index in [0.29, 0.717) is 18.9 Å². The number of carbonyl (C=O) groups is 1. The molecule has 0 saturated carbocycles. The van der Waals surface area contributed by atoms with Crippen LogP contribution in [0, 0.1) is 11.8 Å². The molecule has 0 saturated heterocycles. The van der Waals surface area contributed by atoms with Crippen LogP contribution < -0.4 is 0 Å². The van der Waals surface area contributed by atoms with Crippen LogP contribution in [-0.2, 0) is 9.53 Å². The topological polar surface area (TPSA) is 26.3 Å². The molecule has 0 atom stereocenters. The molecule has 0 N–H and O–H groups in total. The van der Waals surface area contributed by atoms with Gasteiger partial charge in [-0.15, -0.1) is 23.4 Å². The van der Waals surface area contributed by atoms with E-state index in [9.17, 15) is 4.79 Å². The fraction of sp³-hybridized carbons (Fsp3) is 0.800. The van der Waals surface area contributed by atoms with Crippen molar-refractivity contribution in [3.05, 3.63) is 0 Å². The van der Waals surface area contributed by atoms with Crippen molar-refractivity contribution in [1.82, 2.24) is 0 Å². The van der Waals surface area contributed by atoms with Crippen LogP contribution in [0.3, 0.4) is 0 Å². The SMILES string of the molecule is CCC#CCCCCCCCCOC(=O)CCCl. The largest absolute Gasteiger partial charge is 0.466 e. The Labute approximate surface area is 116 Å². The van der Waals surface area contributed by atoms with Crippen LogP contribution >= 0.6 is 11.6 Å². The Hall–Kier alpha value is -0.680. The summed E-state index contributed by atoms with van der Waals surface area (Å²) in [6, 6.07) is 0. The number of hydrogen-bond donors (Lipinski definition) is 0. The Kier molecular flexibility index (Phi) is 13.8. The Balaban J connectivity index is 3.09. The molecule has 0 aliphatic heterocycles. The van der Waals surface area contributed by atoms with Crippen LogP contribution in [0.2, 0.25) is 0 Å². The fourth-order valence-electron chi connectivity index (χ4n) is 1.57. The van der Waals surface area contributed by atoms with Crippen LogP contribution in [0.1, 0.15) is 64.7 Å². The van der Waals surface area contributed by atoms with Gasteiger partial charge in [-0.1, -0.05) is 32.6 Å². The highest BCUT2D eigenvalue weighted by Gasteiger charge is 2.00. The molecule has 0 unspecified atom stereocenters. The van der Waals surface area contributed by atoms with Crippen LogP contribution in [0.5, 0.6) is 0 Å². The van der Waals surface area contributed by atoms with Crippen molar-refractivity contribution < 1.29 is 9.53 Å². The lowest BCUT2D eigenvalue weighted by molar-refractivity contribution is -0.143. The van der Waals surface area contributed by atoms with Gasteiger partial charge in [-0.25, -0.2) is 0 Å². The average Bonchev–Trinajstić information content (AvgIpc) is 2.36. The number of carbonyl (C=O) groups excluding carboxylic acids is 1. The maximum absolute atomic E-state index is 11.0. The summed E-state index contributed by atoms with van der Waals surface area (Å²) in [6.45, 7) is 2.62. The number of unbranched alkanes of at least 4 members (excludes halogenated alkanes) is 6. The van der Waals surface area contributed by atoms with E-state index in [-0.39, 0.29) is 5.97 Å². The molecule has 18 heavy (non-hydrogen) atoms. The molecule has 3 heteroatoms. The van der Waals surface area contributed by atoms with E-state index >= 15 is 0 Å². The summed E-state index contributed by atoms with van der Waals surface area (Å²) in [5.41, 5.74) is 0. The second kappa shape index (κ2) is 14.4. The molecule has 0 rings (SSSR count). The van der Waals surface area contributed by atoms with E-state index in [1.807, 2.05) is 0 Å². The Morgan fingerprint density at radius 3 is 2.39 bits per heavy atom. The predicted molar refractivity (Wildman–Crippen MR) is 76.7 cm³/mol. The minimum absolute atomic E-state index is 0.181. The van der Waals surface area contributed by atoms with Crippen molar-refractivity contribution in [3.63, 3.8) is 0 Å². The lowest BCUT2D eigenvalue weighted by atomic mass is 10.1.